The number of carbonyl (C=O) groups excluding carboxylic acids is 1. The van der Waals surface area contributed by atoms with Crippen molar-refractivity contribution in [3.63, 3.8) is 0 Å². The molecule has 2 rings (SSSR count). The molecule has 1 N–H and O–H groups in total. The zero-order valence-corrected chi connectivity index (χ0v) is 10.5. The van der Waals surface area contributed by atoms with Crippen LogP contribution in [0.5, 0.6) is 0 Å². The van der Waals surface area contributed by atoms with Crippen molar-refractivity contribution < 1.29 is 9.18 Å². The lowest BCUT2D eigenvalue weighted by atomic mass is 10.2. The molecule has 1 heterocycles. The van der Waals surface area contributed by atoms with E-state index in [4.69, 9.17) is 0 Å². The minimum absolute atomic E-state index is 0.00199. The Morgan fingerprint density at radius 2 is 2.24 bits per heavy atom. The number of benzene rings is 1. The summed E-state index contributed by atoms with van der Waals surface area (Å²) in [6, 6.07) is 6.30. The molecule has 92 valence electrons. The number of hydrogen-bond acceptors (Lipinski definition) is 2. The number of halogens is 1. The number of thioether (sulfide) groups is 1. The maximum absolute atomic E-state index is 12.9. The van der Waals surface area contributed by atoms with Crippen LogP contribution in [0.2, 0.25) is 0 Å². The van der Waals surface area contributed by atoms with Gasteiger partial charge in [-0.3, -0.25) is 0 Å². The van der Waals surface area contributed by atoms with E-state index in [1.165, 1.54) is 12.1 Å². The second-order valence-corrected chi connectivity index (χ2v) is 4.99. The SMILES string of the molecule is CCNC(=O)N1CCSC1c1ccc(F)cc1. The van der Waals surface area contributed by atoms with Gasteiger partial charge in [-0.1, -0.05) is 12.1 Å². The van der Waals surface area contributed by atoms with Crippen LogP contribution < -0.4 is 5.32 Å². The minimum Gasteiger partial charge on any atom is -0.338 e. The number of nitrogens with one attached hydrogen (secondary N) is 1. The second kappa shape index (κ2) is 5.40. The van der Waals surface area contributed by atoms with Gasteiger partial charge < -0.3 is 10.2 Å². The van der Waals surface area contributed by atoms with E-state index in [1.807, 2.05) is 6.92 Å². The smallest absolute Gasteiger partial charge is 0.318 e. The molecule has 2 amide bonds. The number of hydrogen-bond donors (Lipinski definition) is 1. The summed E-state index contributed by atoms with van der Waals surface area (Å²) in [6.45, 7) is 3.25. The Labute approximate surface area is 104 Å². The monoisotopic (exact) mass is 254 g/mol. The first-order valence-corrected chi connectivity index (χ1v) is 6.68. The van der Waals surface area contributed by atoms with Crippen LogP contribution in [0.1, 0.15) is 17.9 Å². The third-order valence-corrected chi connectivity index (χ3v) is 3.90. The molecule has 5 heteroatoms. The average Bonchev–Trinajstić information content (AvgIpc) is 2.79. The summed E-state index contributed by atoms with van der Waals surface area (Å²) in [4.78, 5) is 13.6. The van der Waals surface area contributed by atoms with Crippen LogP contribution >= 0.6 is 11.8 Å². The Kier molecular flexibility index (Phi) is 3.89. The molecular formula is C12H15FN2OS. The largest absolute Gasteiger partial charge is 0.338 e. The van der Waals surface area contributed by atoms with E-state index < -0.39 is 0 Å². The van der Waals surface area contributed by atoms with E-state index in [-0.39, 0.29) is 17.2 Å². The predicted molar refractivity (Wildman–Crippen MR) is 67.4 cm³/mol. The van der Waals surface area contributed by atoms with Crippen molar-refractivity contribution in [1.29, 1.82) is 0 Å². The molecular weight excluding hydrogens is 239 g/mol. The maximum atomic E-state index is 12.9. The molecule has 17 heavy (non-hydrogen) atoms. The number of nitrogens with zero attached hydrogens (tertiary/aromatic N) is 1. The summed E-state index contributed by atoms with van der Waals surface area (Å²) in [6.07, 6.45) is 0. The van der Waals surface area contributed by atoms with Crippen molar-refractivity contribution in [3.8, 4) is 0 Å². The molecule has 0 bridgehead atoms. The zero-order valence-electron chi connectivity index (χ0n) is 9.65. The van der Waals surface area contributed by atoms with Crippen LogP contribution in [0.4, 0.5) is 9.18 Å². The third-order valence-electron chi connectivity index (χ3n) is 2.64. The fourth-order valence-electron chi connectivity index (χ4n) is 1.83. The highest BCUT2D eigenvalue weighted by atomic mass is 32.2. The topological polar surface area (TPSA) is 32.3 Å². The van der Waals surface area contributed by atoms with Gasteiger partial charge in [0.25, 0.3) is 0 Å². The molecule has 1 aliphatic rings. The van der Waals surface area contributed by atoms with Gasteiger partial charge in [0.1, 0.15) is 11.2 Å². The van der Waals surface area contributed by atoms with Crippen molar-refractivity contribution in [2.75, 3.05) is 18.8 Å². The molecule has 0 aliphatic carbocycles. The molecule has 0 saturated carbocycles. The van der Waals surface area contributed by atoms with Gasteiger partial charge in [0.15, 0.2) is 0 Å². The van der Waals surface area contributed by atoms with Crippen molar-refractivity contribution in [2.24, 2.45) is 0 Å². The van der Waals surface area contributed by atoms with Gasteiger partial charge in [0.05, 0.1) is 0 Å². The predicted octanol–water partition coefficient (Wildman–Crippen LogP) is 2.60. The number of urea groups is 1. The van der Waals surface area contributed by atoms with E-state index in [9.17, 15) is 9.18 Å². The summed E-state index contributed by atoms with van der Waals surface area (Å²) >= 11 is 1.71. The quantitative estimate of drug-likeness (QED) is 0.880. The van der Waals surface area contributed by atoms with Gasteiger partial charge in [0, 0.05) is 18.8 Å². The Bertz CT molecular complexity index is 396. The van der Waals surface area contributed by atoms with Crippen LogP contribution in [0, 0.1) is 5.82 Å². The van der Waals surface area contributed by atoms with Crippen LogP contribution in [-0.4, -0.2) is 29.8 Å². The highest BCUT2D eigenvalue weighted by molar-refractivity contribution is 7.99. The summed E-state index contributed by atoms with van der Waals surface area (Å²) < 4.78 is 12.9. The fourth-order valence-corrected chi connectivity index (χ4v) is 3.09. The van der Waals surface area contributed by atoms with E-state index >= 15 is 0 Å². The van der Waals surface area contributed by atoms with Gasteiger partial charge in [-0.15, -0.1) is 11.8 Å². The zero-order chi connectivity index (χ0) is 12.3. The van der Waals surface area contributed by atoms with Gasteiger partial charge in [-0.2, -0.15) is 0 Å². The second-order valence-electron chi connectivity index (χ2n) is 3.80. The van der Waals surface area contributed by atoms with E-state index in [0.717, 1.165) is 17.9 Å². The first-order valence-electron chi connectivity index (χ1n) is 5.64. The molecule has 1 atom stereocenters. The van der Waals surface area contributed by atoms with Crippen LogP contribution in [-0.2, 0) is 0 Å². The molecule has 1 saturated heterocycles. The van der Waals surface area contributed by atoms with Crippen LogP contribution in [0.3, 0.4) is 0 Å². The first kappa shape index (κ1) is 12.2. The van der Waals surface area contributed by atoms with Crippen LogP contribution in [0.15, 0.2) is 24.3 Å². The molecule has 0 radical (unpaired) electrons. The van der Waals surface area contributed by atoms with Gasteiger partial charge in [-0.05, 0) is 24.6 Å². The molecule has 1 unspecified atom stereocenters. The number of rotatable bonds is 2. The summed E-state index contributed by atoms with van der Waals surface area (Å²) in [5.41, 5.74) is 0.972. The molecule has 0 spiro atoms. The van der Waals surface area contributed by atoms with Gasteiger partial charge >= 0.3 is 6.03 Å². The van der Waals surface area contributed by atoms with E-state index in [0.29, 0.717) is 6.54 Å². The summed E-state index contributed by atoms with van der Waals surface area (Å²) in [5, 5.41) is 2.80. The highest BCUT2D eigenvalue weighted by Gasteiger charge is 2.30. The normalized spacial score (nSPS) is 19.4. The van der Waals surface area contributed by atoms with Gasteiger partial charge in [-0.25, -0.2) is 9.18 Å². The fraction of sp³-hybridized carbons (Fsp3) is 0.417. The Morgan fingerprint density at radius 1 is 1.53 bits per heavy atom. The first-order chi connectivity index (χ1) is 8.22. The lowest BCUT2D eigenvalue weighted by Crippen LogP contribution is -2.39. The van der Waals surface area contributed by atoms with Crippen molar-refractivity contribution >= 4 is 17.8 Å². The minimum atomic E-state index is -0.249. The Balaban J connectivity index is 2.14. The highest BCUT2D eigenvalue weighted by Crippen LogP contribution is 2.37. The molecule has 1 fully saturated rings. The van der Waals surface area contributed by atoms with Gasteiger partial charge in [0.2, 0.25) is 0 Å². The molecule has 1 aromatic carbocycles. The maximum Gasteiger partial charge on any atom is 0.318 e. The van der Waals surface area contributed by atoms with Crippen molar-refractivity contribution in [2.45, 2.75) is 12.3 Å². The molecule has 1 aromatic rings. The van der Waals surface area contributed by atoms with Crippen molar-refractivity contribution in [3.05, 3.63) is 35.6 Å². The lowest BCUT2D eigenvalue weighted by Gasteiger charge is -2.24. The van der Waals surface area contributed by atoms with Crippen LogP contribution in [0.25, 0.3) is 0 Å². The Morgan fingerprint density at radius 3 is 2.88 bits per heavy atom. The molecule has 1 aliphatic heterocycles. The summed E-state index contributed by atoms with van der Waals surface area (Å²) in [7, 11) is 0. The van der Waals surface area contributed by atoms with Crippen molar-refractivity contribution in [1.82, 2.24) is 10.2 Å². The molecule has 0 aromatic heterocycles. The lowest BCUT2D eigenvalue weighted by molar-refractivity contribution is 0.201. The molecule has 3 nitrogen and oxygen atoms in total. The summed E-state index contributed by atoms with van der Waals surface area (Å²) in [5.74, 6) is 0.667. The third kappa shape index (κ3) is 2.72. The number of amides is 2. The van der Waals surface area contributed by atoms with E-state index in [2.05, 4.69) is 5.32 Å². The average molecular weight is 254 g/mol. The van der Waals surface area contributed by atoms with E-state index in [1.54, 1.807) is 28.8 Å². The Hall–Kier alpha value is -1.23. The number of carbonyl (C=O) groups is 1. The standard InChI is InChI=1S/C12H15FN2OS/c1-2-14-12(16)15-7-8-17-11(15)9-3-5-10(13)6-4-9/h3-6,11H,2,7-8H2,1H3,(H,14,16).